The van der Waals surface area contributed by atoms with Gasteiger partial charge in [0, 0.05) is 31.3 Å². The SMILES string of the molecule is CCCCc1nc(C)n(Cc2cnccn2)c(=O)[n+]1Cc1ccc(-c2ccccc2-c2noc(=O)[nH]2)cc1. The molecule has 0 amide bonds. The zero-order valence-corrected chi connectivity index (χ0v) is 21.3. The second-order valence-electron chi connectivity index (χ2n) is 9.02. The molecule has 0 aliphatic rings. The molecule has 10 heteroatoms. The molecule has 0 unspecified atom stereocenters. The molecule has 3 heterocycles. The Morgan fingerprint density at radius 1 is 1.03 bits per heavy atom. The summed E-state index contributed by atoms with van der Waals surface area (Å²) in [5.41, 5.74) is 4.16. The molecule has 0 aliphatic heterocycles. The van der Waals surface area contributed by atoms with Crippen LogP contribution in [-0.4, -0.2) is 29.7 Å². The molecular formula is C28H28N7O3+. The molecule has 192 valence electrons. The molecule has 0 fully saturated rings. The fraction of sp³-hybridized carbons (Fsp3) is 0.250. The maximum absolute atomic E-state index is 13.7. The van der Waals surface area contributed by atoms with Crippen molar-refractivity contribution in [3.8, 4) is 22.5 Å². The molecule has 0 saturated heterocycles. The van der Waals surface area contributed by atoms with Gasteiger partial charge in [-0.25, -0.2) is 9.59 Å². The Kier molecular flexibility index (Phi) is 7.30. The quantitative estimate of drug-likeness (QED) is 0.302. The standard InChI is InChI=1S/C28H27N7O3/c1-3-4-9-25-31-19(2)34(18-22-16-29-14-15-30-22)28(37)35(25)17-20-10-12-21(13-11-20)23-7-5-6-8-24(23)26-32-27(36)38-33-26/h5-8,10-16H,3-4,9,17-18H2,1-2H3/p+1. The molecule has 0 saturated carbocycles. The zero-order chi connectivity index (χ0) is 26.5. The van der Waals surface area contributed by atoms with Gasteiger partial charge in [0.2, 0.25) is 11.6 Å². The van der Waals surface area contributed by atoms with Gasteiger partial charge in [0.15, 0.2) is 5.82 Å². The number of unbranched alkanes of at least 4 members (excludes halogenated alkanes) is 1. The predicted molar refractivity (Wildman–Crippen MR) is 140 cm³/mol. The topological polar surface area (TPSA) is 123 Å². The van der Waals surface area contributed by atoms with E-state index in [4.69, 9.17) is 9.51 Å². The first kappa shape index (κ1) is 24.9. The van der Waals surface area contributed by atoms with Crippen LogP contribution >= 0.6 is 0 Å². The fourth-order valence-electron chi connectivity index (χ4n) is 4.40. The highest BCUT2D eigenvalue weighted by atomic mass is 16.5. The second-order valence-corrected chi connectivity index (χ2v) is 9.02. The van der Waals surface area contributed by atoms with Gasteiger partial charge in [-0.05, 0) is 23.1 Å². The summed E-state index contributed by atoms with van der Waals surface area (Å²) >= 11 is 0. The van der Waals surface area contributed by atoms with Crippen molar-refractivity contribution >= 4 is 0 Å². The lowest BCUT2D eigenvalue weighted by atomic mass is 9.98. The molecule has 2 aromatic carbocycles. The Morgan fingerprint density at radius 3 is 2.50 bits per heavy atom. The van der Waals surface area contributed by atoms with Gasteiger partial charge in [-0.1, -0.05) is 72.0 Å². The van der Waals surface area contributed by atoms with Gasteiger partial charge in [-0.15, -0.1) is 0 Å². The molecule has 5 aromatic rings. The summed E-state index contributed by atoms with van der Waals surface area (Å²) in [5.74, 6) is 1.20. The van der Waals surface area contributed by atoms with Gasteiger partial charge in [0.05, 0.1) is 11.9 Å². The van der Waals surface area contributed by atoms with Crippen molar-refractivity contribution < 1.29 is 9.09 Å². The molecule has 0 spiro atoms. The van der Waals surface area contributed by atoms with Gasteiger partial charge in [0.25, 0.3) is 0 Å². The summed E-state index contributed by atoms with van der Waals surface area (Å²) in [4.78, 5) is 41.0. The van der Waals surface area contributed by atoms with E-state index >= 15 is 0 Å². The largest absolute Gasteiger partial charge is 0.446 e. The van der Waals surface area contributed by atoms with Crippen LogP contribution in [0.25, 0.3) is 22.5 Å². The first-order valence-corrected chi connectivity index (χ1v) is 12.5. The van der Waals surface area contributed by atoms with Crippen molar-refractivity contribution in [2.75, 3.05) is 0 Å². The van der Waals surface area contributed by atoms with Crippen LogP contribution in [0.4, 0.5) is 0 Å². The average molecular weight is 511 g/mol. The molecule has 5 rings (SSSR count). The van der Waals surface area contributed by atoms with Gasteiger partial charge in [-0.2, -0.15) is 9.13 Å². The van der Waals surface area contributed by atoms with Crippen molar-refractivity contribution in [3.05, 3.63) is 111 Å². The Morgan fingerprint density at radius 2 is 1.82 bits per heavy atom. The number of hydrogen-bond acceptors (Lipinski definition) is 7. The van der Waals surface area contributed by atoms with Gasteiger partial charge in [-0.3, -0.25) is 19.5 Å². The Balaban J connectivity index is 1.48. The number of nitrogens with zero attached hydrogens (tertiary/aromatic N) is 6. The first-order chi connectivity index (χ1) is 18.5. The van der Waals surface area contributed by atoms with E-state index < -0.39 is 5.76 Å². The summed E-state index contributed by atoms with van der Waals surface area (Å²) in [6.45, 7) is 4.67. The lowest BCUT2D eigenvalue weighted by molar-refractivity contribution is -0.717. The normalized spacial score (nSPS) is 11.1. The van der Waals surface area contributed by atoms with E-state index in [0.717, 1.165) is 47.3 Å². The van der Waals surface area contributed by atoms with Crippen LogP contribution in [0.15, 0.2) is 81.2 Å². The summed E-state index contributed by atoms with van der Waals surface area (Å²) in [6.07, 6.45) is 7.56. The van der Waals surface area contributed by atoms with Crippen LogP contribution in [0.5, 0.6) is 0 Å². The zero-order valence-electron chi connectivity index (χ0n) is 21.3. The van der Waals surface area contributed by atoms with E-state index in [9.17, 15) is 9.59 Å². The molecule has 0 bridgehead atoms. The lowest BCUT2D eigenvalue weighted by Gasteiger charge is -2.11. The molecular weight excluding hydrogens is 482 g/mol. The molecule has 3 aromatic heterocycles. The second kappa shape index (κ2) is 11.1. The first-order valence-electron chi connectivity index (χ1n) is 12.5. The Hall–Kier alpha value is -4.73. The third-order valence-electron chi connectivity index (χ3n) is 6.37. The number of aryl methyl sites for hydroxylation is 2. The molecule has 0 atom stereocenters. The maximum atomic E-state index is 13.7. The number of aromatic nitrogens is 7. The van der Waals surface area contributed by atoms with E-state index in [1.807, 2.05) is 55.5 Å². The van der Waals surface area contributed by atoms with Gasteiger partial charge in [0.1, 0.15) is 13.1 Å². The summed E-state index contributed by atoms with van der Waals surface area (Å²) in [6, 6.07) is 15.6. The summed E-state index contributed by atoms with van der Waals surface area (Å²) in [5, 5.41) is 3.84. The smallest absolute Gasteiger partial charge is 0.296 e. The minimum Gasteiger partial charge on any atom is -0.296 e. The highest BCUT2D eigenvalue weighted by molar-refractivity contribution is 5.80. The van der Waals surface area contributed by atoms with Crippen LogP contribution in [0.3, 0.4) is 0 Å². The number of rotatable bonds is 9. The van der Waals surface area contributed by atoms with Gasteiger partial charge >= 0.3 is 11.4 Å². The van der Waals surface area contributed by atoms with E-state index in [1.54, 1.807) is 27.7 Å². The van der Waals surface area contributed by atoms with E-state index in [-0.39, 0.29) is 5.69 Å². The number of benzene rings is 2. The van der Waals surface area contributed by atoms with Crippen LogP contribution in [-0.2, 0) is 19.5 Å². The molecule has 0 aliphatic carbocycles. The minimum atomic E-state index is -0.599. The number of aromatic amines is 1. The monoisotopic (exact) mass is 510 g/mol. The molecule has 10 nitrogen and oxygen atoms in total. The van der Waals surface area contributed by atoms with Gasteiger partial charge < -0.3 is 0 Å². The van der Waals surface area contributed by atoms with Crippen LogP contribution < -0.4 is 16.0 Å². The van der Waals surface area contributed by atoms with Crippen molar-refractivity contribution in [1.29, 1.82) is 0 Å². The summed E-state index contributed by atoms with van der Waals surface area (Å²) in [7, 11) is 0. The predicted octanol–water partition coefficient (Wildman–Crippen LogP) is 3.08. The van der Waals surface area contributed by atoms with E-state index in [0.29, 0.717) is 30.4 Å². The van der Waals surface area contributed by atoms with Crippen molar-refractivity contribution in [2.24, 2.45) is 0 Å². The minimum absolute atomic E-state index is 0.126. The number of nitrogens with one attached hydrogen (secondary N) is 1. The Bertz CT molecular complexity index is 1650. The number of H-pyrrole nitrogens is 1. The molecule has 0 radical (unpaired) electrons. The van der Waals surface area contributed by atoms with Crippen molar-refractivity contribution in [2.45, 2.75) is 46.2 Å². The highest BCUT2D eigenvalue weighted by Crippen LogP contribution is 2.29. The Labute approximate surface area is 218 Å². The molecule has 38 heavy (non-hydrogen) atoms. The van der Waals surface area contributed by atoms with Crippen LogP contribution in [0.1, 0.15) is 42.7 Å². The fourth-order valence-corrected chi connectivity index (χ4v) is 4.40. The summed E-state index contributed by atoms with van der Waals surface area (Å²) < 4.78 is 8.09. The molecule has 1 N–H and O–H groups in total. The van der Waals surface area contributed by atoms with Crippen LogP contribution in [0.2, 0.25) is 0 Å². The average Bonchev–Trinajstić information content (AvgIpc) is 3.38. The number of hydrogen-bond donors (Lipinski definition) is 1. The van der Waals surface area contributed by atoms with Crippen molar-refractivity contribution in [3.63, 3.8) is 0 Å². The van der Waals surface area contributed by atoms with Crippen LogP contribution in [0, 0.1) is 6.92 Å². The van der Waals surface area contributed by atoms with E-state index in [1.165, 1.54) is 0 Å². The highest BCUT2D eigenvalue weighted by Gasteiger charge is 2.22. The maximum Gasteiger partial charge on any atom is 0.446 e. The van der Waals surface area contributed by atoms with Crippen molar-refractivity contribution in [1.82, 2.24) is 29.7 Å². The van der Waals surface area contributed by atoms with E-state index in [2.05, 4.69) is 27.0 Å². The lowest BCUT2D eigenvalue weighted by Crippen LogP contribution is -2.58. The third kappa shape index (κ3) is 5.34. The third-order valence-corrected chi connectivity index (χ3v) is 6.37.